The molecule has 0 saturated carbocycles. The summed E-state index contributed by atoms with van der Waals surface area (Å²) in [5, 5.41) is 2.61. The van der Waals surface area contributed by atoms with E-state index in [1.165, 1.54) is 0 Å². The van der Waals surface area contributed by atoms with E-state index in [-0.39, 0.29) is 6.61 Å². The Balaban J connectivity index is 1.93. The minimum atomic E-state index is -0.447. The van der Waals surface area contributed by atoms with E-state index >= 15 is 0 Å². The van der Waals surface area contributed by atoms with Gasteiger partial charge in [0.15, 0.2) is 0 Å². The number of ether oxygens (including phenoxy) is 3. The molecule has 0 spiro atoms. The average molecular weight is 282 g/mol. The first kappa shape index (κ1) is 16.4. The fourth-order valence-corrected chi connectivity index (χ4v) is 1.40. The van der Waals surface area contributed by atoms with Crippen molar-refractivity contribution in [3.8, 4) is 0 Å². The highest BCUT2D eigenvalue weighted by atomic mass is 16.5. The summed E-state index contributed by atoms with van der Waals surface area (Å²) in [4.78, 5) is 11.4. The van der Waals surface area contributed by atoms with Gasteiger partial charge >= 0.3 is 6.09 Å². The van der Waals surface area contributed by atoms with Crippen LogP contribution in [-0.4, -0.2) is 45.6 Å². The number of carbonyl (C=O) groups excluding carboxylic acids is 1. The van der Waals surface area contributed by atoms with E-state index in [1.807, 2.05) is 30.3 Å². The highest BCUT2D eigenvalue weighted by Crippen LogP contribution is 2.00. The van der Waals surface area contributed by atoms with Gasteiger partial charge in [-0.15, -0.1) is 0 Å². The van der Waals surface area contributed by atoms with E-state index in [1.54, 1.807) is 0 Å². The number of nitrogens with two attached hydrogens (primary N) is 1. The summed E-state index contributed by atoms with van der Waals surface area (Å²) in [5.41, 5.74) is 6.22. The van der Waals surface area contributed by atoms with Crippen LogP contribution in [0.3, 0.4) is 0 Å². The molecule has 0 aliphatic carbocycles. The van der Waals surface area contributed by atoms with E-state index in [0.29, 0.717) is 39.5 Å². The second-order valence-electron chi connectivity index (χ2n) is 4.00. The van der Waals surface area contributed by atoms with Gasteiger partial charge in [0, 0.05) is 13.1 Å². The van der Waals surface area contributed by atoms with Crippen molar-refractivity contribution in [2.45, 2.75) is 6.61 Å². The Morgan fingerprint density at radius 1 is 1.05 bits per heavy atom. The van der Waals surface area contributed by atoms with Gasteiger partial charge in [-0.05, 0) is 5.56 Å². The molecule has 0 aliphatic heterocycles. The Bertz CT molecular complexity index is 359. The fourth-order valence-electron chi connectivity index (χ4n) is 1.40. The van der Waals surface area contributed by atoms with Crippen molar-refractivity contribution in [1.82, 2.24) is 5.32 Å². The van der Waals surface area contributed by atoms with Crippen LogP contribution in [0.15, 0.2) is 30.3 Å². The van der Waals surface area contributed by atoms with E-state index in [0.717, 1.165) is 5.56 Å². The third kappa shape index (κ3) is 8.47. The number of hydrogen-bond donors (Lipinski definition) is 2. The number of alkyl carbamates (subject to hydrolysis) is 1. The van der Waals surface area contributed by atoms with Gasteiger partial charge in [0.1, 0.15) is 6.61 Å². The highest BCUT2D eigenvalue weighted by molar-refractivity contribution is 5.67. The molecular weight excluding hydrogens is 260 g/mol. The Morgan fingerprint density at radius 3 is 2.45 bits per heavy atom. The summed E-state index contributed by atoms with van der Waals surface area (Å²) >= 11 is 0. The second kappa shape index (κ2) is 11.2. The molecule has 1 aromatic rings. The zero-order chi connectivity index (χ0) is 14.5. The number of benzene rings is 1. The van der Waals surface area contributed by atoms with Crippen molar-refractivity contribution in [3.63, 3.8) is 0 Å². The largest absolute Gasteiger partial charge is 0.445 e. The van der Waals surface area contributed by atoms with Gasteiger partial charge in [-0.3, -0.25) is 0 Å². The van der Waals surface area contributed by atoms with E-state index in [2.05, 4.69) is 5.32 Å². The number of carbonyl (C=O) groups is 1. The van der Waals surface area contributed by atoms with Crippen molar-refractivity contribution in [2.75, 3.05) is 39.5 Å². The Kier molecular flexibility index (Phi) is 9.21. The van der Waals surface area contributed by atoms with Crippen molar-refractivity contribution in [3.05, 3.63) is 35.9 Å². The first-order chi connectivity index (χ1) is 9.83. The topological polar surface area (TPSA) is 82.8 Å². The Labute approximate surface area is 119 Å². The summed E-state index contributed by atoms with van der Waals surface area (Å²) in [6, 6.07) is 9.52. The molecule has 0 radical (unpaired) electrons. The molecule has 112 valence electrons. The third-order valence-electron chi connectivity index (χ3n) is 2.36. The molecule has 0 aromatic heterocycles. The zero-order valence-electron chi connectivity index (χ0n) is 11.5. The number of amides is 1. The first-order valence-corrected chi connectivity index (χ1v) is 6.63. The van der Waals surface area contributed by atoms with E-state index in [9.17, 15) is 4.79 Å². The normalized spacial score (nSPS) is 10.2. The summed E-state index contributed by atoms with van der Waals surface area (Å²) in [7, 11) is 0. The lowest BCUT2D eigenvalue weighted by Gasteiger charge is -2.08. The molecule has 20 heavy (non-hydrogen) atoms. The van der Waals surface area contributed by atoms with Gasteiger partial charge in [-0.2, -0.15) is 0 Å². The summed E-state index contributed by atoms with van der Waals surface area (Å²) in [5.74, 6) is 0. The number of nitrogens with one attached hydrogen (secondary N) is 1. The Morgan fingerprint density at radius 2 is 1.75 bits per heavy atom. The van der Waals surface area contributed by atoms with Crippen LogP contribution in [-0.2, 0) is 20.8 Å². The van der Waals surface area contributed by atoms with Crippen LogP contribution in [0.5, 0.6) is 0 Å². The zero-order valence-corrected chi connectivity index (χ0v) is 11.5. The average Bonchev–Trinajstić information content (AvgIpc) is 2.49. The van der Waals surface area contributed by atoms with Crippen molar-refractivity contribution < 1.29 is 19.0 Å². The summed E-state index contributed by atoms with van der Waals surface area (Å²) in [6.45, 7) is 3.13. The minimum absolute atomic E-state index is 0.264. The molecule has 0 atom stereocenters. The predicted molar refractivity (Wildman–Crippen MR) is 75.3 cm³/mol. The molecule has 6 nitrogen and oxygen atoms in total. The maximum atomic E-state index is 11.4. The third-order valence-corrected chi connectivity index (χ3v) is 2.36. The standard InChI is InChI=1S/C14H22N2O4/c15-6-8-18-10-11-19-9-7-16-14(17)20-12-13-4-2-1-3-5-13/h1-5H,6-12,15H2,(H,16,17). The molecule has 3 N–H and O–H groups in total. The maximum absolute atomic E-state index is 11.4. The summed E-state index contributed by atoms with van der Waals surface area (Å²) in [6.07, 6.45) is -0.447. The molecular formula is C14H22N2O4. The van der Waals surface area contributed by atoms with Crippen LogP contribution < -0.4 is 11.1 Å². The van der Waals surface area contributed by atoms with Crippen LogP contribution in [0.4, 0.5) is 4.79 Å². The maximum Gasteiger partial charge on any atom is 0.407 e. The van der Waals surface area contributed by atoms with Crippen LogP contribution in [0.25, 0.3) is 0 Å². The molecule has 0 saturated heterocycles. The van der Waals surface area contributed by atoms with E-state index < -0.39 is 6.09 Å². The van der Waals surface area contributed by atoms with Gasteiger partial charge in [0.2, 0.25) is 0 Å². The van der Waals surface area contributed by atoms with Gasteiger partial charge in [0.25, 0.3) is 0 Å². The molecule has 1 rings (SSSR count). The molecule has 0 heterocycles. The number of rotatable bonds is 10. The molecule has 0 aliphatic rings. The monoisotopic (exact) mass is 282 g/mol. The van der Waals surface area contributed by atoms with Crippen molar-refractivity contribution in [1.29, 1.82) is 0 Å². The lowest BCUT2D eigenvalue weighted by atomic mass is 10.2. The van der Waals surface area contributed by atoms with Crippen LogP contribution in [0.1, 0.15) is 5.56 Å². The molecule has 0 unspecified atom stereocenters. The van der Waals surface area contributed by atoms with Crippen molar-refractivity contribution >= 4 is 6.09 Å². The Hall–Kier alpha value is -1.63. The first-order valence-electron chi connectivity index (χ1n) is 6.63. The molecule has 0 fully saturated rings. The highest BCUT2D eigenvalue weighted by Gasteiger charge is 2.01. The van der Waals surface area contributed by atoms with Crippen LogP contribution in [0, 0.1) is 0 Å². The smallest absolute Gasteiger partial charge is 0.407 e. The SMILES string of the molecule is NCCOCCOCCNC(=O)OCc1ccccc1. The molecule has 0 bridgehead atoms. The number of hydrogen-bond acceptors (Lipinski definition) is 5. The predicted octanol–water partition coefficient (Wildman–Crippen LogP) is 0.905. The molecule has 1 amide bonds. The van der Waals surface area contributed by atoms with Crippen molar-refractivity contribution in [2.24, 2.45) is 5.73 Å². The van der Waals surface area contributed by atoms with Crippen LogP contribution in [0.2, 0.25) is 0 Å². The lowest BCUT2D eigenvalue weighted by molar-refractivity contribution is 0.0511. The van der Waals surface area contributed by atoms with Gasteiger partial charge in [-0.1, -0.05) is 30.3 Å². The molecule has 6 heteroatoms. The van der Waals surface area contributed by atoms with Gasteiger partial charge in [-0.25, -0.2) is 4.79 Å². The van der Waals surface area contributed by atoms with Gasteiger partial charge in [0.05, 0.1) is 26.4 Å². The minimum Gasteiger partial charge on any atom is -0.445 e. The van der Waals surface area contributed by atoms with Gasteiger partial charge < -0.3 is 25.3 Å². The summed E-state index contributed by atoms with van der Waals surface area (Å²) < 4.78 is 15.4. The van der Waals surface area contributed by atoms with E-state index in [4.69, 9.17) is 19.9 Å². The van der Waals surface area contributed by atoms with Crippen LogP contribution >= 0.6 is 0 Å². The molecule has 1 aromatic carbocycles. The second-order valence-corrected chi connectivity index (χ2v) is 4.00. The fraction of sp³-hybridized carbons (Fsp3) is 0.500. The quantitative estimate of drug-likeness (QED) is 0.623. The lowest BCUT2D eigenvalue weighted by Crippen LogP contribution is -2.28.